The number of carboxylic acid groups (broad SMARTS) is 1. The number of hydrogen-bond acceptors (Lipinski definition) is 15. The number of likely N-dealkylation sites (tertiary alicyclic amines) is 1. The normalized spacial score (nSPS) is 16.2. The lowest BCUT2D eigenvalue weighted by atomic mass is 9.96. The summed E-state index contributed by atoms with van der Waals surface area (Å²) in [5.74, 6) is -10.2. The zero-order valence-electron chi connectivity index (χ0n) is 56.4. The molecule has 2 fully saturated rings. The molecule has 6 aromatic rings. The number of nitrogens with two attached hydrogens (primary N) is 1. The number of hydrogen-bond donors (Lipinski definition) is 14. The smallest absolute Gasteiger partial charge is 0.322 e. The molecule has 2 saturated heterocycles. The highest BCUT2D eigenvalue weighted by molar-refractivity contribution is 6.00. The van der Waals surface area contributed by atoms with E-state index >= 15 is 9.59 Å². The van der Waals surface area contributed by atoms with Crippen LogP contribution in [0.25, 0.3) is 21.5 Å². The summed E-state index contributed by atoms with van der Waals surface area (Å²) in [6.07, 6.45) is 0.326. The Morgan fingerprint density at radius 2 is 1.06 bits per heavy atom. The van der Waals surface area contributed by atoms with E-state index in [0.717, 1.165) is 16.2 Å². The van der Waals surface area contributed by atoms with E-state index in [-0.39, 0.29) is 101 Å². The monoisotopic (exact) mass is 1390 g/mol. The maximum Gasteiger partial charge on any atom is 0.322 e. The summed E-state index contributed by atoms with van der Waals surface area (Å²) in [6.45, 7) is 3.29. The maximum absolute atomic E-state index is 15.3. The Kier molecular flexibility index (Phi) is 27.3. The third-order valence-corrected chi connectivity index (χ3v) is 17.4. The van der Waals surface area contributed by atoms with Gasteiger partial charge < -0.3 is 78.8 Å². The molecule has 9 atom stereocenters. The fraction of sp³-hybridized carbons (Fsp3) is 0.384. The van der Waals surface area contributed by atoms with Crippen LogP contribution >= 0.6 is 0 Å². The van der Waals surface area contributed by atoms with Crippen molar-refractivity contribution in [3.8, 4) is 5.75 Å². The number of carbonyl (C=O) groups is 12. The number of aliphatic hydroxyl groups is 1. The molecule has 10 amide bonds. The average molecular weight is 1390 g/mol. The Labute approximate surface area is 583 Å². The fourth-order valence-corrected chi connectivity index (χ4v) is 12.3. The number of nitrogens with one attached hydrogen (secondary N) is 11. The average Bonchev–Trinajstić information content (AvgIpc) is 1.14. The van der Waals surface area contributed by atoms with Crippen molar-refractivity contribution in [3.05, 3.63) is 162 Å². The van der Waals surface area contributed by atoms with Crippen LogP contribution < -0.4 is 63.6 Å². The first-order valence-corrected chi connectivity index (χ1v) is 33.6. The zero-order chi connectivity index (χ0) is 72.7. The van der Waals surface area contributed by atoms with Crippen LogP contribution in [0, 0.1) is 11.3 Å². The second-order valence-corrected chi connectivity index (χ2v) is 25.5. The summed E-state index contributed by atoms with van der Waals surface area (Å²) in [4.78, 5) is 168. The van der Waals surface area contributed by atoms with Gasteiger partial charge in [0.05, 0.1) is 6.61 Å². The van der Waals surface area contributed by atoms with E-state index in [9.17, 15) is 58.2 Å². The maximum atomic E-state index is 15.3. The first-order valence-electron chi connectivity index (χ1n) is 33.6. The van der Waals surface area contributed by atoms with Crippen LogP contribution in [0.2, 0.25) is 0 Å². The van der Waals surface area contributed by atoms with E-state index in [2.05, 4.69) is 53.2 Å². The minimum Gasteiger partial charge on any atom is -0.480 e. The van der Waals surface area contributed by atoms with Crippen LogP contribution in [-0.4, -0.2) is 173 Å². The van der Waals surface area contributed by atoms with Crippen LogP contribution in [0.4, 0.5) is 0 Å². The molecular formula is C73H87N13O15. The molecule has 28 heteroatoms. The highest BCUT2D eigenvalue weighted by Crippen LogP contribution is 2.25. The van der Waals surface area contributed by atoms with Crippen molar-refractivity contribution in [3.63, 3.8) is 0 Å². The standard InChI is InChI=1S/C73H87N13O15/c1-42(2)35-55(65(93)79-54(25-13-33-76-73(74)75)72(100)86-34-14-26-61(86)71(99)77-40-63(90)91)80-68(96)58(38-48-21-11-19-46-17-7-9-23-51(46)48)83-67(95)57(37-45-27-29-50(30-28-45)101-43(3)88)82-70(98)60(41-87)85-69(97)59(39-49-22-12-20-47-18-8-10-24-52(47)49)84-66(94)56(36-44-15-5-4-6-16-44)81-64(92)53-31-32-62(89)78-53/h4-12,15-24,27-30,42,53-61,87H,13-14,25-26,31-41H2,1-3H3,(H,77,99)(H,78,89)(H,79,93)(H,80,96)(H,81,92)(H,82,98)(H,83,95)(H,84,94)(H,85,97)(H,90,91)(H4,74,75,76)/t53-,54-,55-,56+,57-,58-,59-,60-,61-/m0/s1. The van der Waals surface area contributed by atoms with E-state index in [1.165, 1.54) is 36.1 Å². The molecule has 8 rings (SSSR count). The van der Waals surface area contributed by atoms with E-state index in [4.69, 9.17) is 15.9 Å². The second kappa shape index (κ2) is 36.5. The number of nitrogens with zero attached hydrogens (tertiary/aromatic N) is 1. The first kappa shape index (κ1) is 75.5. The van der Waals surface area contributed by atoms with E-state index < -0.39 is 133 Å². The van der Waals surface area contributed by atoms with Crippen LogP contribution in [0.15, 0.2) is 140 Å². The molecule has 0 saturated carbocycles. The van der Waals surface area contributed by atoms with Gasteiger partial charge in [0.2, 0.25) is 59.1 Å². The van der Waals surface area contributed by atoms with E-state index in [1.807, 2.05) is 48.5 Å². The quantitative estimate of drug-likeness (QED) is 0.00891. The molecule has 0 bridgehead atoms. The number of aliphatic hydroxyl groups excluding tert-OH is 1. The molecule has 28 nitrogen and oxygen atoms in total. The minimum absolute atomic E-state index is 0.00184. The molecule has 2 aliphatic rings. The summed E-state index contributed by atoms with van der Waals surface area (Å²) < 4.78 is 5.25. The molecule has 15 N–H and O–H groups in total. The van der Waals surface area contributed by atoms with Gasteiger partial charge in [-0.3, -0.25) is 62.9 Å². The molecular weight excluding hydrogens is 1300 g/mol. The molecule has 101 heavy (non-hydrogen) atoms. The van der Waals surface area contributed by atoms with Gasteiger partial charge in [0, 0.05) is 52.1 Å². The Bertz CT molecular complexity index is 3990. The van der Waals surface area contributed by atoms with Gasteiger partial charge in [0.25, 0.3) is 0 Å². The predicted molar refractivity (Wildman–Crippen MR) is 373 cm³/mol. The van der Waals surface area contributed by atoms with Gasteiger partial charge >= 0.3 is 11.9 Å². The topological polar surface area (TPSA) is 428 Å². The number of fused-ring (bicyclic) bond motifs is 2. The Hall–Kier alpha value is -11.3. The number of aliphatic carboxylic acids is 1. The zero-order valence-corrected chi connectivity index (χ0v) is 56.4. The molecule has 0 spiro atoms. The number of esters is 1. The van der Waals surface area contributed by atoms with E-state index in [0.29, 0.717) is 34.1 Å². The second-order valence-electron chi connectivity index (χ2n) is 25.5. The number of amides is 10. The molecule has 0 aliphatic carbocycles. The Morgan fingerprint density at radius 3 is 1.58 bits per heavy atom. The Balaban J connectivity index is 1.09. The van der Waals surface area contributed by atoms with Crippen molar-refractivity contribution in [2.45, 2.75) is 146 Å². The van der Waals surface area contributed by atoms with Crippen LogP contribution in [-0.2, 0) is 83.2 Å². The lowest BCUT2D eigenvalue weighted by molar-refractivity contribution is -0.143. The van der Waals surface area contributed by atoms with Crippen LogP contribution in [0.5, 0.6) is 5.75 Å². The largest absolute Gasteiger partial charge is 0.480 e. The summed E-state index contributed by atoms with van der Waals surface area (Å²) in [7, 11) is 0. The predicted octanol–water partition coefficient (Wildman–Crippen LogP) is 1.35. The Morgan fingerprint density at radius 1 is 0.574 bits per heavy atom. The van der Waals surface area contributed by atoms with Gasteiger partial charge in [-0.2, -0.15) is 0 Å². The molecule has 6 aromatic carbocycles. The lowest BCUT2D eigenvalue weighted by Gasteiger charge is -2.31. The summed E-state index contributed by atoms with van der Waals surface area (Å²) in [6, 6.07) is 27.7. The third kappa shape index (κ3) is 22.1. The third-order valence-electron chi connectivity index (χ3n) is 17.4. The molecule has 2 aliphatic heterocycles. The molecule has 0 unspecified atom stereocenters. The number of ether oxygens (including phenoxy) is 1. The fourth-order valence-electron chi connectivity index (χ4n) is 12.3. The number of carboxylic acids is 1. The molecule has 0 radical (unpaired) electrons. The van der Waals surface area contributed by atoms with Gasteiger partial charge in [-0.1, -0.05) is 141 Å². The van der Waals surface area contributed by atoms with Crippen molar-refractivity contribution in [2.75, 3.05) is 26.2 Å². The van der Waals surface area contributed by atoms with Gasteiger partial charge in [0.15, 0.2) is 5.96 Å². The SMILES string of the molecule is CC(=O)Oc1ccc(C[C@H](NC(=O)[C@H](CO)NC(=O)[C@H](Cc2cccc3ccccc23)NC(=O)[C@@H](Cc2ccccc2)NC(=O)[C@@H]2CCC(=O)N2)C(=O)N[C@@H](Cc2cccc3ccccc23)C(=O)N[C@@H](CC(C)C)C(=O)N[C@@H](CCCNC(=N)N)C(=O)N2CCC[C@H]2C(=O)NCC(=O)O)cc1. The summed E-state index contributed by atoms with van der Waals surface area (Å²) in [5, 5.41) is 57.8. The molecule has 0 aromatic heterocycles. The van der Waals surface area contributed by atoms with Gasteiger partial charge in [-0.25, -0.2) is 0 Å². The number of rotatable bonds is 34. The summed E-state index contributed by atoms with van der Waals surface area (Å²) >= 11 is 0. The highest BCUT2D eigenvalue weighted by Gasteiger charge is 2.40. The first-order chi connectivity index (χ1) is 48.4. The van der Waals surface area contributed by atoms with Gasteiger partial charge in [0.1, 0.15) is 66.7 Å². The number of carbonyl (C=O) groups excluding carboxylic acids is 11. The number of guanidine groups is 1. The van der Waals surface area contributed by atoms with Crippen molar-refractivity contribution >= 4 is 98.5 Å². The van der Waals surface area contributed by atoms with E-state index in [1.54, 1.807) is 80.6 Å². The molecule has 2 heterocycles. The summed E-state index contributed by atoms with van der Waals surface area (Å²) in [5.41, 5.74) is 7.76. The van der Waals surface area contributed by atoms with Gasteiger partial charge in [-0.15, -0.1) is 0 Å². The van der Waals surface area contributed by atoms with Crippen molar-refractivity contribution in [2.24, 2.45) is 11.7 Å². The number of benzene rings is 6. The van der Waals surface area contributed by atoms with Gasteiger partial charge in [-0.05, 0) is 100 Å². The molecule has 534 valence electrons. The van der Waals surface area contributed by atoms with Crippen molar-refractivity contribution < 1.29 is 72.5 Å². The minimum atomic E-state index is -1.82. The van der Waals surface area contributed by atoms with Crippen LogP contribution in [0.1, 0.15) is 88.0 Å². The van der Waals surface area contributed by atoms with Crippen molar-refractivity contribution in [1.82, 2.24) is 58.1 Å². The van der Waals surface area contributed by atoms with Crippen molar-refractivity contribution in [1.29, 1.82) is 5.41 Å². The highest BCUT2D eigenvalue weighted by atomic mass is 16.5. The lowest BCUT2D eigenvalue weighted by Crippen LogP contribution is -2.61. The van der Waals surface area contributed by atoms with Crippen LogP contribution in [0.3, 0.4) is 0 Å².